The van der Waals surface area contributed by atoms with Crippen molar-refractivity contribution >= 4 is 47.0 Å². The molecule has 1 aliphatic rings. The zero-order chi connectivity index (χ0) is 46.0. The summed E-state index contributed by atoms with van der Waals surface area (Å²) in [6, 6.07) is 18.9. The van der Waals surface area contributed by atoms with E-state index in [2.05, 4.69) is 21.3 Å². The topological polar surface area (TPSA) is 202 Å². The highest BCUT2D eigenvalue weighted by Gasteiger charge is 2.36. The lowest BCUT2D eigenvalue weighted by Gasteiger charge is -2.32. The number of fused-ring (bicyclic) bond motifs is 5. The Morgan fingerprint density at radius 2 is 1.40 bits per heavy atom. The van der Waals surface area contributed by atoms with Crippen LogP contribution >= 0.6 is 11.6 Å². The third-order valence-corrected chi connectivity index (χ3v) is 11.2. The van der Waals surface area contributed by atoms with E-state index < -0.39 is 59.7 Å². The molecule has 0 fully saturated rings. The maximum atomic E-state index is 14.7. The van der Waals surface area contributed by atoms with Crippen LogP contribution in [0.3, 0.4) is 0 Å². The van der Waals surface area contributed by atoms with Crippen molar-refractivity contribution in [3.05, 3.63) is 107 Å². The zero-order valence-electron chi connectivity index (χ0n) is 36.6. The first-order valence-electron chi connectivity index (χ1n) is 20.7. The molecule has 0 saturated carbocycles. The predicted octanol–water partition coefficient (Wildman–Crippen LogP) is 4.26. The van der Waals surface area contributed by atoms with Gasteiger partial charge in [-0.3, -0.25) is 28.8 Å². The van der Waals surface area contributed by atoms with E-state index in [9.17, 15) is 28.8 Å². The fourth-order valence-corrected chi connectivity index (χ4v) is 7.56. The first kappa shape index (κ1) is 47.6. The minimum Gasteiger partial charge on any atom is -0.496 e. The van der Waals surface area contributed by atoms with E-state index >= 15 is 0 Å². The largest absolute Gasteiger partial charge is 0.496 e. The van der Waals surface area contributed by atoms with Gasteiger partial charge in [-0.2, -0.15) is 0 Å². The summed E-state index contributed by atoms with van der Waals surface area (Å²) in [5.41, 5.74) is 9.99. The van der Waals surface area contributed by atoms with Crippen molar-refractivity contribution in [1.82, 2.24) is 31.1 Å². The molecule has 0 spiro atoms. The smallest absolute Gasteiger partial charge is 0.251 e. The number of carbonyl (C=O) groups is 6. The van der Waals surface area contributed by atoms with Gasteiger partial charge in [0.05, 0.1) is 14.2 Å². The predicted molar refractivity (Wildman–Crippen MR) is 241 cm³/mol. The van der Waals surface area contributed by atoms with Gasteiger partial charge < -0.3 is 46.3 Å². The Kier molecular flexibility index (Phi) is 16.3. The van der Waals surface area contributed by atoms with Gasteiger partial charge in [-0.15, -0.1) is 0 Å². The van der Waals surface area contributed by atoms with Crippen LogP contribution in [0, 0.1) is 0 Å². The molecule has 4 aromatic carbocycles. The number of carbonyl (C=O) groups excluding carboxylic acids is 6. The van der Waals surface area contributed by atoms with Crippen LogP contribution in [0.2, 0.25) is 5.02 Å². The number of rotatable bonds is 14. The average molecular weight is 882 g/mol. The van der Waals surface area contributed by atoms with E-state index in [0.717, 1.165) is 11.1 Å². The van der Waals surface area contributed by atoms with Gasteiger partial charge in [-0.1, -0.05) is 48.0 Å². The summed E-state index contributed by atoms with van der Waals surface area (Å²) in [5.74, 6) is -2.53. The van der Waals surface area contributed by atoms with E-state index in [1.54, 1.807) is 93.8 Å². The second-order valence-electron chi connectivity index (χ2n) is 15.7. The summed E-state index contributed by atoms with van der Waals surface area (Å²) in [5, 5.41) is 11.7. The third-order valence-electron chi connectivity index (χ3n) is 10.9. The number of hydrogen-bond donors (Lipinski definition) is 5. The van der Waals surface area contributed by atoms with Crippen molar-refractivity contribution in [2.45, 2.75) is 69.7 Å². The summed E-state index contributed by atoms with van der Waals surface area (Å²) < 4.78 is 11.6. The maximum Gasteiger partial charge on any atom is 0.251 e. The van der Waals surface area contributed by atoms with Crippen LogP contribution in [-0.2, 0) is 30.4 Å². The van der Waals surface area contributed by atoms with E-state index in [4.69, 9.17) is 26.8 Å². The number of nitrogens with zero attached hydrogens (tertiary/aromatic N) is 2. The average Bonchev–Trinajstić information content (AvgIpc) is 3.27. The number of amides is 6. The monoisotopic (exact) mass is 881 g/mol. The Labute approximate surface area is 373 Å². The molecule has 4 bridgehead atoms. The molecule has 6 N–H and O–H groups in total. The lowest BCUT2D eigenvalue weighted by atomic mass is 9.93. The molecule has 334 valence electrons. The molecule has 6 amide bonds. The molecule has 0 aliphatic carbocycles. The van der Waals surface area contributed by atoms with E-state index in [1.807, 2.05) is 12.1 Å². The Morgan fingerprint density at radius 1 is 0.794 bits per heavy atom. The van der Waals surface area contributed by atoms with Gasteiger partial charge in [0.1, 0.15) is 41.7 Å². The van der Waals surface area contributed by atoms with Crippen LogP contribution < -0.4 is 36.5 Å². The Hall–Kier alpha value is -6.45. The highest BCUT2D eigenvalue weighted by atomic mass is 35.5. The highest BCUT2D eigenvalue weighted by Crippen LogP contribution is 2.40. The van der Waals surface area contributed by atoms with Gasteiger partial charge >= 0.3 is 0 Å². The molecule has 0 radical (unpaired) electrons. The van der Waals surface area contributed by atoms with Gasteiger partial charge in [0, 0.05) is 49.3 Å². The number of nitrogens with two attached hydrogens (primary N) is 1. The summed E-state index contributed by atoms with van der Waals surface area (Å²) in [7, 11) is 7.61. The second-order valence-corrected chi connectivity index (χ2v) is 16.1. The second kappa shape index (κ2) is 21.6. The summed E-state index contributed by atoms with van der Waals surface area (Å²) >= 11 is 6.06. The summed E-state index contributed by atoms with van der Waals surface area (Å²) in [4.78, 5) is 85.9. The van der Waals surface area contributed by atoms with Gasteiger partial charge in [-0.25, -0.2) is 0 Å². The van der Waals surface area contributed by atoms with Gasteiger partial charge in [-0.05, 0) is 110 Å². The molecule has 4 aromatic rings. The number of unbranched alkanes of at least 4 members (excludes halogenated alkanes) is 1. The third kappa shape index (κ3) is 11.7. The van der Waals surface area contributed by atoms with E-state index in [1.165, 1.54) is 38.0 Å². The summed E-state index contributed by atoms with van der Waals surface area (Å²) in [6.07, 6.45) is 1.33. The zero-order valence-corrected chi connectivity index (χ0v) is 37.4. The van der Waals surface area contributed by atoms with Crippen LogP contribution in [0.5, 0.6) is 11.5 Å². The van der Waals surface area contributed by atoms with Crippen molar-refractivity contribution < 1.29 is 38.2 Å². The minimum atomic E-state index is -1.33. The number of hydrogen-bond acceptors (Lipinski definition) is 9. The first-order valence-corrected chi connectivity index (χ1v) is 21.1. The minimum absolute atomic E-state index is 0.0176. The molecule has 15 nitrogen and oxygen atoms in total. The Balaban J connectivity index is 1.53. The number of halogens is 1. The molecule has 0 saturated heterocycles. The fourth-order valence-electron chi connectivity index (χ4n) is 7.43. The van der Waals surface area contributed by atoms with Crippen molar-refractivity contribution in [3.63, 3.8) is 0 Å². The van der Waals surface area contributed by atoms with Crippen LogP contribution in [-0.4, -0.2) is 111 Å². The van der Waals surface area contributed by atoms with Gasteiger partial charge in [0.15, 0.2) is 0 Å². The molecular weight excluding hydrogens is 826 g/mol. The molecular formula is C47H56ClN7O8. The van der Waals surface area contributed by atoms with Crippen LogP contribution in [0.1, 0.15) is 60.6 Å². The number of benzene rings is 4. The van der Waals surface area contributed by atoms with E-state index in [0.29, 0.717) is 63.7 Å². The molecule has 16 heteroatoms. The number of ether oxygens (including phenoxy) is 2. The number of methoxy groups -OCH3 is 2. The number of nitrogens with one attached hydrogen (secondary N) is 4. The molecule has 63 heavy (non-hydrogen) atoms. The van der Waals surface area contributed by atoms with Crippen molar-refractivity contribution in [2.24, 2.45) is 5.73 Å². The highest BCUT2D eigenvalue weighted by molar-refractivity contribution is 6.30. The SMILES string of the molecule is COc1ccc2cc1-c1cc(ccc1OC)[C@H](N(C)C(=O)[C@H](CCCCN)NC(=O)c1ccc(-c3ccc(Cl)cc3)cc1)C(=O)N[C@@H](C)C(=O)N[C@H](C(=O)N[C@@H](C)C(=O)N(C)C)C2. The van der Waals surface area contributed by atoms with Crippen molar-refractivity contribution in [3.8, 4) is 33.8 Å². The normalized spacial score (nSPS) is 17.1. The molecule has 0 aromatic heterocycles. The Morgan fingerprint density at radius 3 is 2.00 bits per heavy atom. The molecule has 1 aliphatic heterocycles. The number of likely N-dealkylation sites (N-methyl/N-ethyl adjacent to an activating group) is 2. The lowest BCUT2D eigenvalue weighted by molar-refractivity contribution is -0.141. The van der Waals surface area contributed by atoms with Crippen LogP contribution in [0.4, 0.5) is 0 Å². The Bertz CT molecular complexity index is 2300. The van der Waals surface area contributed by atoms with Crippen LogP contribution in [0.15, 0.2) is 84.9 Å². The maximum absolute atomic E-state index is 14.7. The van der Waals surface area contributed by atoms with Crippen molar-refractivity contribution in [1.29, 1.82) is 0 Å². The quantitative estimate of drug-likeness (QED) is 0.115. The standard InChI is InChI=1S/C47H56ClN7O8/c1-27-42(56)53-38(44(58)51-28(2)46(60)54(3)4)25-29-11-21-39(62-6)35(24-29)36-26-33(18-22-40(36)63-7)41(45(59)50-27)55(5)47(61)37(10-8-9-23-49)52-43(57)32-14-12-30(13-15-32)31-16-19-34(48)20-17-31/h11-22,24,26-28,37-38,41H,8-10,23,25,49H2,1-7H3,(H,50,59)(H,51,58)(H,52,57)(H,53,56)/t27-,28-,37-,38-,41-/m0/s1. The molecule has 5 rings (SSSR count). The van der Waals surface area contributed by atoms with Crippen LogP contribution in [0.25, 0.3) is 22.3 Å². The fraction of sp³-hybridized carbons (Fsp3) is 0.362. The summed E-state index contributed by atoms with van der Waals surface area (Å²) in [6.45, 7) is 3.38. The van der Waals surface area contributed by atoms with Gasteiger partial charge in [0.2, 0.25) is 29.5 Å². The van der Waals surface area contributed by atoms with Gasteiger partial charge in [0.25, 0.3) is 5.91 Å². The molecule has 5 atom stereocenters. The van der Waals surface area contributed by atoms with E-state index in [-0.39, 0.29) is 18.7 Å². The lowest BCUT2D eigenvalue weighted by Crippen LogP contribution is -2.57. The van der Waals surface area contributed by atoms with Crippen molar-refractivity contribution in [2.75, 3.05) is 41.9 Å². The first-order chi connectivity index (χ1) is 30.1. The molecule has 0 unspecified atom stereocenters. The molecule has 1 heterocycles.